The SMILES string of the molecule is CCC(CC)(CC1CO1)Oc1c(C)c(C)c2c(c1C)C(c1ccccc1)=C1C(C)=C(OC(CC)(CC)Oc3c(C)c(C)c4c(c3C)C(c3ccccc3)c3c(C)c(OCC5CO5)c(C)c(C)c3O4)C(C)=C(C)C1O2. The van der Waals surface area contributed by atoms with Gasteiger partial charge in [-0.05, 0) is 168 Å². The highest BCUT2D eigenvalue weighted by molar-refractivity contribution is 5.93. The topological polar surface area (TPSA) is 80.4 Å². The molecule has 0 bridgehead atoms. The molecule has 5 aromatic carbocycles. The van der Waals surface area contributed by atoms with E-state index < -0.39 is 5.79 Å². The normalized spacial score (nSPS) is 19.8. The van der Waals surface area contributed by atoms with Gasteiger partial charge >= 0.3 is 0 Å². The molecule has 0 aromatic heterocycles. The fourth-order valence-electron chi connectivity index (χ4n) is 12.3. The fraction of sp³-hybridized carbons (Fsp3) is 0.455. The molecule has 5 aliphatic rings. The maximum Gasteiger partial charge on any atom is 0.250 e. The van der Waals surface area contributed by atoms with Gasteiger partial charge in [-0.1, -0.05) is 88.4 Å². The highest BCUT2D eigenvalue weighted by Crippen LogP contribution is 2.58. The standard InChI is InChI=1S/C66H78O8/c1-17-65(18-2,31-49-32-67-49)72-58-36(6)40(10)62-52(44(58)14)56(48-29-25-22-26-30-48)54-46(16)60(38(8)42(12)64(54)71-62)74-66(19-3,20-4)73-59-37(7)41(11)63-53(45(59)15)55(47-27-23-21-24-28-47)51-43(13)57(69-34-50-33-68-50)35(5)39(9)61(51)70-63/h21-30,49-50,55,64H,17-20,31-34H2,1-16H3. The number of ether oxygens (including phenoxy) is 8. The first-order valence-electron chi connectivity index (χ1n) is 27.4. The predicted octanol–water partition coefficient (Wildman–Crippen LogP) is 16.1. The van der Waals surface area contributed by atoms with Crippen LogP contribution in [-0.2, 0) is 14.2 Å². The molecule has 4 atom stereocenters. The van der Waals surface area contributed by atoms with E-state index in [4.69, 9.17) is 37.9 Å². The highest BCUT2D eigenvalue weighted by atomic mass is 16.7. The van der Waals surface area contributed by atoms with Crippen molar-refractivity contribution in [1.82, 2.24) is 0 Å². The first kappa shape index (κ1) is 51.5. The van der Waals surface area contributed by atoms with Crippen LogP contribution in [0.25, 0.3) is 5.57 Å². The number of hydrogen-bond acceptors (Lipinski definition) is 8. The summed E-state index contributed by atoms with van der Waals surface area (Å²) < 4.78 is 55.1. The maximum atomic E-state index is 7.62. The van der Waals surface area contributed by atoms with Crippen LogP contribution < -0.4 is 23.7 Å². The summed E-state index contributed by atoms with van der Waals surface area (Å²) in [4.78, 5) is 0. The van der Waals surface area contributed by atoms with E-state index in [0.717, 1.165) is 173 Å². The number of benzene rings is 5. The van der Waals surface area contributed by atoms with Crippen molar-refractivity contribution < 1.29 is 37.9 Å². The minimum atomic E-state index is -1.03. The van der Waals surface area contributed by atoms with Crippen molar-refractivity contribution in [3.8, 4) is 34.5 Å². The second kappa shape index (κ2) is 19.6. The average Bonchev–Trinajstić information content (AvgIpc) is 4.38. The molecule has 0 N–H and O–H groups in total. The lowest BCUT2D eigenvalue weighted by molar-refractivity contribution is -0.159. The van der Waals surface area contributed by atoms with Crippen LogP contribution in [0.1, 0.15) is 164 Å². The molecule has 1 aliphatic carbocycles. The van der Waals surface area contributed by atoms with Crippen LogP contribution in [0.15, 0.2) is 88.7 Å². The first-order valence-corrected chi connectivity index (χ1v) is 27.4. The van der Waals surface area contributed by atoms with E-state index in [1.54, 1.807) is 0 Å². The molecule has 8 nitrogen and oxygen atoms in total. The molecule has 2 fully saturated rings. The lowest BCUT2D eigenvalue weighted by Gasteiger charge is -2.42. The Balaban J connectivity index is 1.11. The molecule has 4 heterocycles. The van der Waals surface area contributed by atoms with E-state index in [-0.39, 0.29) is 29.8 Å². The van der Waals surface area contributed by atoms with Crippen LogP contribution in [0, 0.1) is 62.3 Å². The van der Waals surface area contributed by atoms with Gasteiger partial charge in [-0.15, -0.1) is 0 Å². The Morgan fingerprint density at radius 2 is 1.05 bits per heavy atom. The molecule has 4 aliphatic heterocycles. The van der Waals surface area contributed by atoms with Gasteiger partial charge in [-0.3, -0.25) is 0 Å². The Kier molecular flexibility index (Phi) is 13.7. The van der Waals surface area contributed by atoms with Crippen LogP contribution >= 0.6 is 0 Å². The van der Waals surface area contributed by atoms with Crippen molar-refractivity contribution in [2.45, 2.75) is 179 Å². The van der Waals surface area contributed by atoms with Crippen molar-refractivity contribution in [2.75, 3.05) is 19.8 Å². The summed E-state index contributed by atoms with van der Waals surface area (Å²) in [6.45, 7) is 37.1. The molecule has 0 spiro atoms. The van der Waals surface area contributed by atoms with E-state index in [1.807, 2.05) is 0 Å². The molecular formula is C66H78O8. The molecule has 2 saturated heterocycles. The Morgan fingerprint density at radius 1 is 0.527 bits per heavy atom. The number of rotatable bonds is 17. The zero-order valence-corrected chi connectivity index (χ0v) is 47.0. The summed E-state index contributed by atoms with van der Waals surface area (Å²) in [6.07, 6.45) is 3.91. The van der Waals surface area contributed by atoms with Crippen molar-refractivity contribution in [3.05, 3.63) is 167 Å². The minimum absolute atomic E-state index is 0.137. The van der Waals surface area contributed by atoms with Crippen LogP contribution in [0.3, 0.4) is 0 Å². The molecule has 74 heavy (non-hydrogen) atoms. The lowest BCUT2D eigenvalue weighted by Crippen LogP contribution is -2.40. The molecule has 5 aromatic rings. The molecule has 4 unspecified atom stereocenters. The second-order valence-electron chi connectivity index (χ2n) is 21.9. The van der Waals surface area contributed by atoms with Crippen LogP contribution in [0.2, 0.25) is 0 Å². The monoisotopic (exact) mass is 999 g/mol. The van der Waals surface area contributed by atoms with Gasteiger partial charge in [-0.25, -0.2) is 0 Å². The summed E-state index contributed by atoms with van der Waals surface area (Å²) >= 11 is 0. The third-order valence-corrected chi connectivity index (χ3v) is 17.8. The smallest absolute Gasteiger partial charge is 0.250 e. The van der Waals surface area contributed by atoms with Gasteiger partial charge in [-0.2, -0.15) is 0 Å². The molecule has 0 saturated carbocycles. The molecule has 0 amide bonds. The summed E-state index contributed by atoms with van der Waals surface area (Å²) in [5.74, 6) is 5.03. The van der Waals surface area contributed by atoms with E-state index in [9.17, 15) is 0 Å². The van der Waals surface area contributed by atoms with Gasteiger partial charge < -0.3 is 37.9 Å². The summed E-state index contributed by atoms with van der Waals surface area (Å²) in [7, 11) is 0. The molecule has 390 valence electrons. The van der Waals surface area contributed by atoms with Gasteiger partial charge in [0, 0.05) is 58.6 Å². The van der Waals surface area contributed by atoms with E-state index in [0.29, 0.717) is 19.4 Å². The van der Waals surface area contributed by atoms with Crippen molar-refractivity contribution in [3.63, 3.8) is 0 Å². The van der Waals surface area contributed by atoms with Crippen molar-refractivity contribution in [2.24, 2.45) is 0 Å². The zero-order chi connectivity index (χ0) is 52.7. The maximum absolute atomic E-state index is 7.62. The van der Waals surface area contributed by atoms with Gasteiger partial charge in [0.05, 0.1) is 19.3 Å². The predicted molar refractivity (Wildman–Crippen MR) is 296 cm³/mol. The van der Waals surface area contributed by atoms with Crippen LogP contribution in [0.4, 0.5) is 0 Å². The number of epoxide rings is 2. The Bertz CT molecular complexity index is 3140. The number of fused-ring (bicyclic) bond motifs is 4. The highest BCUT2D eigenvalue weighted by Gasteiger charge is 2.45. The van der Waals surface area contributed by atoms with Gasteiger partial charge in [0.25, 0.3) is 5.79 Å². The molecule has 10 rings (SSSR count). The molecule has 0 radical (unpaired) electrons. The van der Waals surface area contributed by atoms with Crippen molar-refractivity contribution in [1.29, 1.82) is 0 Å². The van der Waals surface area contributed by atoms with E-state index >= 15 is 0 Å². The summed E-state index contributed by atoms with van der Waals surface area (Å²) in [6, 6.07) is 21.6. The first-order chi connectivity index (χ1) is 35.4. The third-order valence-electron chi connectivity index (χ3n) is 17.8. The lowest BCUT2D eigenvalue weighted by atomic mass is 9.76. The van der Waals surface area contributed by atoms with E-state index in [1.165, 1.54) is 5.56 Å². The number of hydrogen-bond donors (Lipinski definition) is 0. The fourth-order valence-corrected chi connectivity index (χ4v) is 12.3. The quantitative estimate of drug-likeness (QED) is 0.0660. The Hall–Kier alpha value is -5.96. The zero-order valence-electron chi connectivity index (χ0n) is 47.0. The largest absolute Gasteiger partial charge is 0.490 e. The number of allylic oxidation sites excluding steroid dienone is 1. The third kappa shape index (κ3) is 8.52. The minimum Gasteiger partial charge on any atom is -0.490 e. The van der Waals surface area contributed by atoms with Gasteiger partial charge in [0.15, 0.2) is 0 Å². The summed E-state index contributed by atoms with van der Waals surface area (Å²) in [5, 5.41) is 0. The molecular weight excluding hydrogens is 921 g/mol. The van der Waals surface area contributed by atoms with E-state index in [2.05, 4.69) is 171 Å². The average molecular weight is 999 g/mol. The summed E-state index contributed by atoms with van der Waals surface area (Å²) in [5.41, 5.74) is 20.4. The van der Waals surface area contributed by atoms with Crippen molar-refractivity contribution >= 4 is 5.57 Å². The van der Waals surface area contributed by atoms with Crippen LogP contribution in [0.5, 0.6) is 34.5 Å². The Labute approximate surface area is 441 Å². The molecule has 8 heteroatoms. The Morgan fingerprint density at radius 3 is 1.61 bits per heavy atom. The van der Waals surface area contributed by atoms with Crippen LogP contribution in [-0.4, -0.2) is 49.5 Å². The van der Waals surface area contributed by atoms with Gasteiger partial charge in [0.2, 0.25) is 0 Å². The van der Waals surface area contributed by atoms with Gasteiger partial charge in [0.1, 0.15) is 64.7 Å². The second-order valence-corrected chi connectivity index (χ2v) is 21.9.